The third-order valence-corrected chi connectivity index (χ3v) is 11.8. The molecule has 1 amide bonds. The van der Waals surface area contributed by atoms with Crippen molar-refractivity contribution in [3.8, 4) is 0 Å². The van der Waals surface area contributed by atoms with E-state index in [0.717, 1.165) is 5.56 Å². The van der Waals surface area contributed by atoms with E-state index in [2.05, 4.69) is 10.5 Å². The number of amides is 1. The van der Waals surface area contributed by atoms with Crippen LogP contribution in [0.3, 0.4) is 0 Å². The number of aliphatic hydroxyl groups excluding tert-OH is 1. The van der Waals surface area contributed by atoms with Gasteiger partial charge in [0.25, 0.3) is 0 Å². The number of oxime groups is 1. The number of alkyl carbamates (subject to hydrolysis) is 1. The van der Waals surface area contributed by atoms with Crippen LogP contribution in [-0.2, 0) is 49.2 Å². The van der Waals surface area contributed by atoms with E-state index in [1.807, 2.05) is 30.3 Å². The van der Waals surface area contributed by atoms with Gasteiger partial charge < -0.3 is 53.7 Å². The zero-order chi connectivity index (χ0) is 41.7. The fourth-order valence-corrected chi connectivity index (χ4v) is 8.59. The first-order chi connectivity index (χ1) is 26.3. The van der Waals surface area contributed by atoms with Crippen LogP contribution in [0.25, 0.3) is 0 Å². The smallest absolute Gasteiger partial charge is 0.457 e. The van der Waals surface area contributed by atoms with Crippen LogP contribution in [0.1, 0.15) is 73.8 Å². The lowest BCUT2D eigenvalue weighted by atomic mass is 9.74. The highest BCUT2D eigenvalue weighted by Gasteiger charge is 2.59. The zero-order valence-electron chi connectivity index (χ0n) is 34.4. The van der Waals surface area contributed by atoms with Crippen molar-refractivity contribution in [1.29, 1.82) is 0 Å². The first-order valence-electron chi connectivity index (χ1n) is 19.4. The molecule has 1 aromatic rings. The lowest BCUT2D eigenvalue weighted by molar-refractivity contribution is -0.312. The summed E-state index contributed by atoms with van der Waals surface area (Å²) in [5.74, 6) is -5.01. The number of hydrogen-bond donors (Lipinski definition) is 3. The summed E-state index contributed by atoms with van der Waals surface area (Å²) in [5.41, 5.74) is -1.52. The minimum atomic E-state index is -1.47. The number of ketones is 1. The minimum absolute atomic E-state index is 0.105. The maximum Gasteiger partial charge on any atom is 0.509 e. The van der Waals surface area contributed by atoms with E-state index in [1.165, 1.54) is 14.0 Å². The van der Waals surface area contributed by atoms with Crippen molar-refractivity contribution in [3.05, 3.63) is 35.9 Å². The van der Waals surface area contributed by atoms with Crippen molar-refractivity contribution in [2.75, 3.05) is 27.7 Å². The van der Waals surface area contributed by atoms with E-state index in [1.54, 1.807) is 67.5 Å². The lowest BCUT2D eigenvalue weighted by Gasteiger charge is -2.49. The maximum absolute atomic E-state index is 14.3. The van der Waals surface area contributed by atoms with Gasteiger partial charge in [0.1, 0.15) is 24.2 Å². The number of benzene rings is 1. The average molecular weight is 792 g/mol. The van der Waals surface area contributed by atoms with Gasteiger partial charge in [-0.2, -0.15) is 0 Å². The number of ether oxygens (including phenoxy) is 7. The number of nitrogens with zero attached hydrogens (tertiary/aromatic N) is 2. The summed E-state index contributed by atoms with van der Waals surface area (Å²) < 4.78 is 42.0. The zero-order valence-corrected chi connectivity index (χ0v) is 34.4. The standard InChI is InChI=1S/C40H61N3O13/c1-12-27-40(8)34(55-38(48)56-40)22(3)28(42-49)21(2)20-39(7,50-11)33(23(4)30(44)24(5)35(46)52-27)54-36-31(45)29(43(9)10)32(25(6)51-36)53-37(47)41-19-18-26-16-14-13-15-17-26/h13-17,21-25,27,29,31-34,36,45,49H,12,18-20H2,1-11H3,(H,41,47)/b42-28+/t21-,22+,23+,24-,25+,27-,29+,31+,32+,33-,34-,36-,39+,40-/m1/s1. The second-order valence-electron chi connectivity index (χ2n) is 16.0. The van der Waals surface area contributed by atoms with Crippen molar-refractivity contribution in [1.82, 2.24) is 10.2 Å². The van der Waals surface area contributed by atoms with Gasteiger partial charge in [0.05, 0.1) is 29.6 Å². The van der Waals surface area contributed by atoms with Crippen LogP contribution in [0.15, 0.2) is 35.5 Å². The second kappa shape index (κ2) is 18.6. The van der Waals surface area contributed by atoms with Crippen LogP contribution in [0.5, 0.6) is 0 Å². The molecule has 4 rings (SSSR count). The number of nitrogens with one attached hydrogen (secondary N) is 1. The molecule has 0 saturated carbocycles. The quantitative estimate of drug-likeness (QED) is 0.106. The van der Waals surface area contributed by atoms with Crippen molar-refractivity contribution in [3.63, 3.8) is 0 Å². The van der Waals surface area contributed by atoms with E-state index in [0.29, 0.717) is 13.0 Å². The van der Waals surface area contributed by atoms with Crippen molar-refractivity contribution < 1.29 is 62.6 Å². The van der Waals surface area contributed by atoms with Crippen molar-refractivity contribution in [2.24, 2.45) is 28.8 Å². The molecule has 0 aliphatic carbocycles. The Kier molecular flexibility index (Phi) is 14.9. The summed E-state index contributed by atoms with van der Waals surface area (Å²) in [5, 5.41) is 28.7. The monoisotopic (exact) mass is 791 g/mol. The van der Waals surface area contributed by atoms with Crippen LogP contribution in [0.4, 0.5) is 9.59 Å². The van der Waals surface area contributed by atoms with E-state index in [9.17, 15) is 29.5 Å². The summed E-state index contributed by atoms with van der Waals surface area (Å²) >= 11 is 0. The Hall–Kier alpha value is -3.83. The van der Waals surface area contributed by atoms with Gasteiger partial charge in [0.2, 0.25) is 0 Å². The number of fused-ring (bicyclic) bond motifs is 1. The molecule has 3 fully saturated rings. The van der Waals surface area contributed by atoms with E-state index in [-0.39, 0.29) is 18.6 Å². The highest BCUT2D eigenvalue weighted by atomic mass is 16.8. The van der Waals surface area contributed by atoms with Gasteiger partial charge in [-0.25, -0.2) is 9.59 Å². The van der Waals surface area contributed by atoms with Crippen LogP contribution >= 0.6 is 0 Å². The number of esters is 1. The normalized spacial score (nSPS) is 39.2. The molecule has 16 heteroatoms. The van der Waals surface area contributed by atoms with Crippen molar-refractivity contribution in [2.45, 2.75) is 135 Å². The molecule has 3 N–H and O–H groups in total. The molecule has 1 aromatic carbocycles. The number of carbonyl (C=O) groups is 4. The summed E-state index contributed by atoms with van der Waals surface area (Å²) in [4.78, 5) is 55.3. The van der Waals surface area contributed by atoms with Gasteiger partial charge in [-0.15, -0.1) is 0 Å². The Morgan fingerprint density at radius 3 is 2.29 bits per heavy atom. The Balaban J connectivity index is 1.65. The number of methoxy groups -OCH3 is 1. The number of cyclic esters (lactones) is 1. The molecule has 0 bridgehead atoms. The Morgan fingerprint density at radius 1 is 1.04 bits per heavy atom. The first-order valence-corrected chi connectivity index (χ1v) is 19.4. The first kappa shape index (κ1) is 44.9. The summed E-state index contributed by atoms with van der Waals surface area (Å²) in [6.07, 6.45) is -8.36. The van der Waals surface area contributed by atoms with Gasteiger partial charge in [0.15, 0.2) is 23.8 Å². The molecule has 0 spiro atoms. The molecule has 16 nitrogen and oxygen atoms in total. The summed E-state index contributed by atoms with van der Waals surface area (Å²) in [6.45, 7) is 13.6. The van der Waals surface area contributed by atoms with Gasteiger partial charge in [-0.3, -0.25) is 9.59 Å². The van der Waals surface area contributed by atoms with Crippen LogP contribution in [0, 0.1) is 23.7 Å². The maximum atomic E-state index is 14.3. The van der Waals surface area contributed by atoms with Gasteiger partial charge >= 0.3 is 18.2 Å². The molecule has 3 saturated heterocycles. The molecule has 14 atom stereocenters. The topological polar surface area (TPSA) is 201 Å². The minimum Gasteiger partial charge on any atom is -0.457 e. The fourth-order valence-electron chi connectivity index (χ4n) is 8.59. The van der Waals surface area contributed by atoms with Crippen LogP contribution in [0.2, 0.25) is 0 Å². The van der Waals surface area contributed by atoms with Gasteiger partial charge in [0, 0.05) is 31.4 Å². The molecule has 3 aliphatic rings. The number of Topliss-reactive ketones (excluding diaryl/α,β-unsaturated/α-hetero) is 1. The number of hydrogen-bond acceptors (Lipinski definition) is 15. The number of aliphatic hydroxyl groups is 1. The summed E-state index contributed by atoms with van der Waals surface area (Å²) in [7, 11) is 4.90. The fraction of sp³-hybridized carbons (Fsp3) is 0.725. The SMILES string of the molecule is CC[C@H]1OC(=O)[C@H](C)C(=O)[C@H](C)[C@@H](O[C@H]2O[C@@H](C)[C@H](OC(=O)NCCc3ccccc3)[C@@H](N(C)C)[C@@H]2O)[C@@](C)(OC)C[C@@H](C)/C(=N\O)[C@H](C)[C@H]2OC(=O)O[C@@]21C. The lowest BCUT2D eigenvalue weighted by Crippen LogP contribution is -2.65. The Bertz CT molecular complexity index is 1560. The van der Waals surface area contributed by atoms with E-state index >= 15 is 0 Å². The molecule has 56 heavy (non-hydrogen) atoms. The molecule has 0 unspecified atom stereocenters. The molecule has 3 heterocycles. The van der Waals surface area contributed by atoms with Crippen molar-refractivity contribution >= 4 is 29.7 Å². The number of rotatable bonds is 9. The van der Waals surface area contributed by atoms with Crippen LogP contribution < -0.4 is 5.32 Å². The van der Waals surface area contributed by atoms with Gasteiger partial charge in [-0.05, 0) is 66.6 Å². The third kappa shape index (κ3) is 9.47. The highest BCUT2D eigenvalue weighted by molar-refractivity contribution is 6.00. The predicted molar refractivity (Wildman–Crippen MR) is 202 cm³/mol. The van der Waals surface area contributed by atoms with Gasteiger partial charge in [-0.1, -0.05) is 63.2 Å². The molecule has 3 aliphatic heterocycles. The van der Waals surface area contributed by atoms with E-state index < -0.39 is 108 Å². The van der Waals surface area contributed by atoms with E-state index in [4.69, 9.17) is 33.2 Å². The Morgan fingerprint density at radius 2 is 1.70 bits per heavy atom. The molecular formula is C40H61N3O13. The average Bonchev–Trinajstić information content (AvgIpc) is 3.47. The molecular weight excluding hydrogens is 730 g/mol. The number of carbonyl (C=O) groups excluding carboxylic acids is 4. The third-order valence-electron chi connectivity index (χ3n) is 11.8. The van der Waals surface area contributed by atoms with Crippen LogP contribution in [-0.4, -0.2) is 133 Å². The second-order valence-corrected chi connectivity index (χ2v) is 16.0. The highest BCUT2D eigenvalue weighted by Crippen LogP contribution is 2.42. The Labute approximate surface area is 329 Å². The molecule has 0 radical (unpaired) electrons. The largest absolute Gasteiger partial charge is 0.509 e. The molecule has 0 aromatic heterocycles. The molecule has 314 valence electrons. The number of likely N-dealkylation sites (N-methyl/N-ethyl adjacent to an activating group) is 1. The summed E-state index contributed by atoms with van der Waals surface area (Å²) in [6, 6.07) is 8.88. The predicted octanol–water partition coefficient (Wildman–Crippen LogP) is 4.11.